The maximum Gasteiger partial charge on any atom is 0.387 e. The molecule has 6 nitrogen and oxygen atoms in total. The number of benzene rings is 1. The van der Waals surface area contributed by atoms with Crippen molar-refractivity contribution in [2.24, 2.45) is 5.92 Å². The number of halogens is 2. The monoisotopic (exact) mass is 398 g/mol. The summed E-state index contributed by atoms with van der Waals surface area (Å²) in [5.74, 6) is -1.23. The van der Waals surface area contributed by atoms with Gasteiger partial charge in [0.05, 0.1) is 17.1 Å². The molecule has 1 atom stereocenters. The van der Waals surface area contributed by atoms with E-state index in [-0.39, 0.29) is 30.3 Å². The molecule has 2 amide bonds. The van der Waals surface area contributed by atoms with Gasteiger partial charge in [-0.1, -0.05) is 26.0 Å². The van der Waals surface area contributed by atoms with Gasteiger partial charge in [0.2, 0.25) is 5.91 Å². The Morgan fingerprint density at radius 2 is 2.00 bits per heavy atom. The van der Waals surface area contributed by atoms with Crippen molar-refractivity contribution in [3.63, 3.8) is 0 Å². The number of carbonyl (C=O) groups is 2. The highest BCUT2D eigenvalue weighted by molar-refractivity contribution is 5.97. The highest BCUT2D eigenvalue weighted by Crippen LogP contribution is 2.25. The maximum atomic E-state index is 12.8. The smallest absolute Gasteiger partial charge is 0.387 e. The van der Waals surface area contributed by atoms with Crippen LogP contribution >= 0.6 is 0 Å². The maximum absolute atomic E-state index is 12.8. The third kappa shape index (κ3) is 5.64. The summed E-state index contributed by atoms with van der Waals surface area (Å²) in [5.41, 5.74) is -0.888. The van der Waals surface area contributed by atoms with Crippen molar-refractivity contribution in [3.05, 3.63) is 29.8 Å². The van der Waals surface area contributed by atoms with Crippen LogP contribution < -0.4 is 10.1 Å². The van der Waals surface area contributed by atoms with E-state index in [0.717, 1.165) is 0 Å². The first-order valence-corrected chi connectivity index (χ1v) is 9.63. The number of rotatable bonds is 8. The van der Waals surface area contributed by atoms with E-state index in [1.807, 2.05) is 13.8 Å². The Hall–Kier alpha value is -2.22. The number of para-hydroxylation sites is 1. The molecule has 1 aromatic rings. The normalized spacial score (nSPS) is 17.5. The van der Waals surface area contributed by atoms with Crippen LogP contribution in [0.3, 0.4) is 0 Å². The minimum Gasteiger partial charge on any atom is -0.434 e. The molecule has 0 aromatic heterocycles. The summed E-state index contributed by atoms with van der Waals surface area (Å²) in [7, 11) is 0. The lowest BCUT2D eigenvalue weighted by Crippen LogP contribution is -2.49. The lowest BCUT2D eigenvalue weighted by molar-refractivity contribution is -0.127. The average molecular weight is 398 g/mol. The third-order valence-corrected chi connectivity index (χ3v) is 5.32. The molecule has 1 unspecified atom stereocenters. The molecule has 1 heterocycles. The minimum atomic E-state index is -3.02. The minimum absolute atomic E-state index is 0.0511. The first-order chi connectivity index (χ1) is 13.3. The summed E-state index contributed by atoms with van der Waals surface area (Å²) in [4.78, 5) is 26.8. The number of aliphatic hydroxyl groups is 1. The number of alkyl halides is 2. The Kier molecular flexibility index (Phi) is 7.74. The quantitative estimate of drug-likeness (QED) is 0.706. The van der Waals surface area contributed by atoms with Gasteiger partial charge in [0, 0.05) is 19.6 Å². The molecule has 0 bridgehead atoms. The van der Waals surface area contributed by atoms with Gasteiger partial charge in [-0.3, -0.25) is 9.59 Å². The number of nitrogens with zero attached hydrogens (tertiary/aromatic N) is 1. The van der Waals surface area contributed by atoms with Gasteiger partial charge in [0.1, 0.15) is 5.75 Å². The van der Waals surface area contributed by atoms with Gasteiger partial charge >= 0.3 is 6.61 Å². The van der Waals surface area contributed by atoms with E-state index in [9.17, 15) is 23.5 Å². The van der Waals surface area contributed by atoms with E-state index in [2.05, 4.69) is 10.1 Å². The molecule has 2 N–H and O–H groups in total. The zero-order valence-electron chi connectivity index (χ0n) is 16.3. The molecule has 1 aliphatic rings. The topological polar surface area (TPSA) is 78.9 Å². The number of carbonyl (C=O) groups excluding carboxylic acids is 2. The molecule has 0 radical (unpaired) electrons. The number of nitrogens with one attached hydrogen (secondary N) is 1. The predicted octanol–water partition coefficient (Wildman–Crippen LogP) is 2.81. The molecule has 156 valence electrons. The first-order valence-electron chi connectivity index (χ1n) is 9.63. The van der Waals surface area contributed by atoms with Crippen LogP contribution in [0.2, 0.25) is 0 Å². The Labute approximate surface area is 163 Å². The van der Waals surface area contributed by atoms with E-state index in [0.29, 0.717) is 32.2 Å². The fourth-order valence-electron chi connectivity index (χ4n) is 3.28. The molecule has 2 rings (SSSR count). The highest BCUT2D eigenvalue weighted by atomic mass is 19.3. The second kappa shape index (κ2) is 9.82. The largest absolute Gasteiger partial charge is 0.434 e. The predicted molar refractivity (Wildman–Crippen MR) is 100 cm³/mol. The molecule has 0 spiro atoms. The van der Waals surface area contributed by atoms with Gasteiger partial charge in [-0.2, -0.15) is 8.78 Å². The van der Waals surface area contributed by atoms with Crippen molar-refractivity contribution in [3.8, 4) is 5.75 Å². The van der Waals surface area contributed by atoms with E-state index >= 15 is 0 Å². The van der Waals surface area contributed by atoms with Crippen LogP contribution in [0.5, 0.6) is 5.75 Å². The molecule has 1 fully saturated rings. The second-order valence-corrected chi connectivity index (χ2v) is 7.11. The molecular formula is C20H28F2N2O4. The van der Waals surface area contributed by atoms with Gasteiger partial charge in [0.25, 0.3) is 5.91 Å². The van der Waals surface area contributed by atoms with Crippen LogP contribution in [-0.2, 0) is 4.79 Å². The molecule has 1 aliphatic heterocycles. The van der Waals surface area contributed by atoms with Gasteiger partial charge in [-0.05, 0) is 37.8 Å². The fraction of sp³-hybridized carbons (Fsp3) is 0.600. The Bertz CT molecular complexity index is 680. The molecule has 0 saturated carbocycles. The number of piperidine rings is 1. The van der Waals surface area contributed by atoms with Crippen LogP contribution in [0, 0.1) is 5.92 Å². The van der Waals surface area contributed by atoms with E-state index < -0.39 is 24.0 Å². The summed E-state index contributed by atoms with van der Waals surface area (Å²) in [5, 5.41) is 13.1. The standard InChI is InChI=1S/C20H28F2N2O4/c1-3-20(27,4-2)13-23-17(25)14-8-7-11-24(12-14)18(26)15-9-5-6-10-16(15)28-19(21)22/h5-6,9-10,14,19,27H,3-4,7-8,11-13H2,1-2H3,(H,23,25). The Morgan fingerprint density at radius 3 is 2.64 bits per heavy atom. The molecular weight excluding hydrogens is 370 g/mol. The van der Waals surface area contributed by atoms with E-state index in [1.54, 1.807) is 6.07 Å². The van der Waals surface area contributed by atoms with Gasteiger partial charge in [-0.25, -0.2) is 0 Å². The van der Waals surface area contributed by atoms with Gasteiger partial charge < -0.3 is 20.1 Å². The zero-order valence-corrected chi connectivity index (χ0v) is 16.3. The number of hydrogen-bond acceptors (Lipinski definition) is 4. The van der Waals surface area contributed by atoms with Crippen LogP contribution in [0.25, 0.3) is 0 Å². The molecule has 1 saturated heterocycles. The summed E-state index contributed by atoms with van der Waals surface area (Å²) in [6.07, 6.45) is 2.31. The van der Waals surface area contributed by atoms with Crippen molar-refractivity contribution in [2.45, 2.75) is 51.7 Å². The van der Waals surface area contributed by atoms with E-state index in [1.165, 1.54) is 23.1 Å². The fourth-order valence-corrected chi connectivity index (χ4v) is 3.28. The van der Waals surface area contributed by atoms with Gasteiger partial charge in [0.15, 0.2) is 0 Å². The molecule has 0 aliphatic carbocycles. The average Bonchev–Trinajstić information content (AvgIpc) is 2.71. The van der Waals surface area contributed by atoms with Crippen molar-refractivity contribution in [1.82, 2.24) is 10.2 Å². The molecule has 28 heavy (non-hydrogen) atoms. The van der Waals surface area contributed by atoms with Crippen LogP contribution in [0.15, 0.2) is 24.3 Å². The summed E-state index contributed by atoms with van der Waals surface area (Å²) < 4.78 is 29.6. The van der Waals surface area contributed by atoms with Crippen LogP contribution in [0.4, 0.5) is 8.78 Å². The highest BCUT2D eigenvalue weighted by Gasteiger charge is 2.31. The van der Waals surface area contributed by atoms with E-state index in [4.69, 9.17) is 0 Å². The number of amides is 2. The number of ether oxygens (including phenoxy) is 1. The number of hydrogen-bond donors (Lipinski definition) is 2. The van der Waals surface area contributed by atoms with Crippen molar-refractivity contribution >= 4 is 11.8 Å². The lowest BCUT2D eigenvalue weighted by Gasteiger charge is -2.33. The summed E-state index contributed by atoms with van der Waals surface area (Å²) in [6, 6.07) is 5.86. The molecule has 8 heteroatoms. The summed E-state index contributed by atoms with van der Waals surface area (Å²) >= 11 is 0. The first kappa shape index (κ1) is 22.1. The van der Waals surface area contributed by atoms with Crippen LogP contribution in [0.1, 0.15) is 49.9 Å². The van der Waals surface area contributed by atoms with Crippen LogP contribution in [-0.4, -0.2) is 53.7 Å². The molecule has 1 aromatic carbocycles. The third-order valence-electron chi connectivity index (χ3n) is 5.32. The second-order valence-electron chi connectivity index (χ2n) is 7.11. The van der Waals surface area contributed by atoms with Gasteiger partial charge in [-0.15, -0.1) is 0 Å². The number of likely N-dealkylation sites (tertiary alicyclic amines) is 1. The Balaban J connectivity index is 2.03. The Morgan fingerprint density at radius 1 is 1.32 bits per heavy atom. The van der Waals surface area contributed by atoms with Crippen molar-refractivity contribution < 1.29 is 28.2 Å². The zero-order chi connectivity index (χ0) is 20.7. The SMILES string of the molecule is CCC(O)(CC)CNC(=O)C1CCCN(C(=O)c2ccccc2OC(F)F)C1. The van der Waals surface area contributed by atoms with Crippen molar-refractivity contribution in [2.75, 3.05) is 19.6 Å². The van der Waals surface area contributed by atoms with Crippen molar-refractivity contribution in [1.29, 1.82) is 0 Å². The summed E-state index contributed by atoms with van der Waals surface area (Å²) in [6.45, 7) is 1.49. The lowest BCUT2D eigenvalue weighted by atomic mass is 9.94.